The molecule has 428 valence electrons. The van der Waals surface area contributed by atoms with Gasteiger partial charge in [0.1, 0.15) is 17.9 Å². The van der Waals surface area contributed by atoms with E-state index in [1.165, 1.54) is 45.4 Å². The Morgan fingerprint density at radius 3 is 2.22 bits per heavy atom. The van der Waals surface area contributed by atoms with Gasteiger partial charge in [0.15, 0.2) is 11.5 Å². The van der Waals surface area contributed by atoms with Crippen molar-refractivity contribution in [2.24, 2.45) is 11.3 Å². The second-order valence-corrected chi connectivity index (χ2v) is 23.4. The summed E-state index contributed by atoms with van der Waals surface area (Å²) in [6, 6.07) is 16.6. The van der Waals surface area contributed by atoms with Crippen molar-refractivity contribution in [3.05, 3.63) is 87.1 Å². The number of nitriles is 1. The smallest absolute Gasteiger partial charge is 0.243 e. The number of methoxy groups -OCH3 is 2. The van der Waals surface area contributed by atoms with Crippen LogP contribution in [0.2, 0.25) is 10.0 Å². The number of likely N-dealkylation sites (tertiary alicyclic amines) is 1. The molecule has 3 amide bonds. The van der Waals surface area contributed by atoms with Crippen molar-refractivity contribution in [1.29, 1.82) is 5.26 Å². The van der Waals surface area contributed by atoms with Gasteiger partial charge in [-0.1, -0.05) is 133 Å². The molecule has 15 nitrogen and oxygen atoms in total. The number of piperazine rings is 1. The van der Waals surface area contributed by atoms with Crippen LogP contribution >= 0.6 is 34.5 Å². The van der Waals surface area contributed by atoms with E-state index in [1.807, 2.05) is 47.7 Å². The van der Waals surface area contributed by atoms with Crippen LogP contribution in [0.15, 0.2) is 60.2 Å². The molecule has 79 heavy (non-hydrogen) atoms. The highest BCUT2D eigenvalue weighted by Gasteiger charge is 2.43. The van der Waals surface area contributed by atoms with Crippen molar-refractivity contribution in [1.82, 2.24) is 30.0 Å². The number of hydrogen-bond acceptors (Lipinski definition) is 13. The molecule has 0 bridgehead atoms. The Kier molecular flexibility index (Phi) is 24.3. The number of amides is 3. The van der Waals surface area contributed by atoms with Crippen LogP contribution in [0.1, 0.15) is 135 Å². The lowest BCUT2D eigenvalue weighted by Crippen LogP contribution is -2.49. The van der Waals surface area contributed by atoms with Gasteiger partial charge >= 0.3 is 0 Å². The number of halogens is 2. The zero-order valence-corrected chi connectivity index (χ0v) is 49.9. The highest BCUT2D eigenvalue weighted by molar-refractivity contribution is 7.13. The number of carbonyl (C=O) groups is 3. The lowest BCUT2D eigenvalue weighted by Gasteiger charge is -2.35. The molecular weight excluding hydrogens is 1060 g/mol. The molecule has 3 N–H and O–H groups in total. The molecule has 2 aromatic heterocycles. The molecule has 2 fully saturated rings. The molecule has 5 aromatic rings. The molecule has 0 radical (unpaired) electrons. The van der Waals surface area contributed by atoms with Crippen LogP contribution in [-0.2, 0) is 20.9 Å². The molecule has 0 aliphatic carbocycles. The predicted octanol–water partition coefficient (Wildman–Crippen LogP) is 12.8. The predicted molar refractivity (Wildman–Crippen MR) is 318 cm³/mol. The molecular formula is C61H82Cl2N8O7S. The Bertz CT molecular complexity index is 2830. The van der Waals surface area contributed by atoms with Gasteiger partial charge < -0.3 is 39.8 Å². The van der Waals surface area contributed by atoms with E-state index in [2.05, 4.69) is 66.2 Å². The summed E-state index contributed by atoms with van der Waals surface area (Å²) in [5.41, 5.74) is 6.80. The number of β-amino-alcohol motifs (C(OH)–C–C–N with tert-alkyl or cyclic N) is 1. The first-order valence-corrected chi connectivity index (χ1v) is 29.7. The van der Waals surface area contributed by atoms with Gasteiger partial charge in [-0.15, -0.1) is 11.3 Å². The molecule has 2 aliphatic heterocycles. The minimum absolute atomic E-state index is 0.000952. The van der Waals surface area contributed by atoms with Crippen molar-refractivity contribution in [3.63, 3.8) is 0 Å². The van der Waals surface area contributed by atoms with E-state index in [4.69, 9.17) is 37.4 Å². The van der Waals surface area contributed by atoms with Crippen LogP contribution in [0, 0.1) is 29.6 Å². The van der Waals surface area contributed by atoms with Gasteiger partial charge in [0.05, 0.1) is 75.5 Å². The third-order valence-electron chi connectivity index (χ3n) is 14.9. The van der Waals surface area contributed by atoms with E-state index in [1.54, 1.807) is 41.5 Å². The molecule has 0 unspecified atom stereocenters. The maximum Gasteiger partial charge on any atom is 0.243 e. The van der Waals surface area contributed by atoms with Gasteiger partial charge in [-0.05, 0) is 54.9 Å². The van der Waals surface area contributed by atoms with Gasteiger partial charge in [0, 0.05) is 88.3 Å². The number of thiazole rings is 1. The third-order valence-corrected chi connectivity index (χ3v) is 16.4. The van der Waals surface area contributed by atoms with Crippen LogP contribution in [-0.4, -0.2) is 120 Å². The first-order chi connectivity index (χ1) is 38.0. The number of benzene rings is 3. The van der Waals surface area contributed by atoms with Crippen LogP contribution in [0.5, 0.6) is 17.2 Å². The zero-order valence-electron chi connectivity index (χ0n) is 47.6. The minimum atomic E-state index is -0.670. The molecule has 0 saturated carbocycles. The molecule has 2 aliphatic rings. The number of aliphatic hydroxyl groups excluding tert-OH is 1. The molecule has 4 heterocycles. The summed E-state index contributed by atoms with van der Waals surface area (Å²) in [6.07, 6.45) is 13.7. The highest BCUT2D eigenvalue weighted by Crippen LogP contribution is 2.41. The average Bonchev–Trinajstić information content (AvgIpc) is 4.11. The lowest BCUT2D eigenvalue weighted by atomic mass is 9.76. The number of anilines is 2. The number of rotatable bonds is 25. The van der Waals surface area contributed by atoms with E-state index in [-0.39, 0.29) is 42.0 Å². The van der Waals surface area contributed by atoms with Crippen molar-refractivity contribution in [2.45, 2.75) is 144 Å². The van der Waals surface area contributed by atoms with Crippen molar-refractivity contribution in [3.8, 4) is 33.8 Å². The van der Waals surface area contributed by atoms with Crippen molar-refractivity contribution < 1.29 is 33.7 Å². The van der Waals surface area contributed by atoms with Crippen LogP contribution in [0.25, 0.3) is 21.3 Å². The van der Waals surface area contributed by atoms with Gasteiger partial charge in [-0.3, -0.25) is 24.3 Å². The van der Waals surface area contributed by atoms with E-state index >= 15 is 0 Å². The van der Waals surface area contributed by atoms with Gasteiger partial charge in [-0.2, -0.15) is 5.26 Å². The first kappa shape index (κ1) is 62.5. The number of unbranched alkanes of at least 4 members (excludes halogenated alkanes) is 7. The third kappa shape index (κ3) is 17.6. The Morgan fingerprint density at radius 2 is 1.57 bits per heavy atom. The average molecular weight is 1140 g/mol. The summed E-state index contributed by atoms with van der Waals surface area (Å²) in [5, 5.41) is 27.9. The molecule has 0 spiro atoms. The Balaban J connectivity index is 0.000000259. The zero-order chi connectivity index (χ0) is 57.1. The number of carbonyl (C=O) groups excluding carboxylic acids is 3. The number of ether oxygens (including phenoxy) is 3. The van der Waals surface area contributed by atoms with E-state index in [9.17, 15) is 24.8 Å². The van der Waals surface area contributed by atoms with Gasteiger partial charge in [0.2, 0.25) is 17.7 Å². The number of nitrogens with zero attached hydrogens (tertiary/aromatic N) is 6. The fourth-order valence-corrected chi connectivity index (χ4v) is 11.5. The van der Waals surface area contributed by atoms with E-state index in [0.29, 0.717) is 74.7 Å². The fraction of sp³-hybridized carbons (Fsp3) is 0.541. The monoisotopic (exact) mass is 1140 g/mol. The summed E-state index contributed by atoms with van der Waals surface area (Å²) in [7, 11) is 3.10. The summed E-state index contributed by atoms with van der Waals surface area (Å²) in [6.45, 7) is 18.0. The van der Waals surface area contributed by atoms with E-state index < -0.39 is 12.1 Å². The topological polar surface area (TPSA) is 182 Å². The normalized spacial score (nSPS) is 16.0. The number of aliphatic hydroxyl groups is 1. The number of hydrogen-bond donors (Lipinski definition) is 3. The minimum Gasteiger partial charge on any atom is -0.495 e. The maximum absolute atomic E-state index is 13.7. The number of nitrogens with one attached hydrogen (secondary N) is 2. The first-order valence-electron chi connectivity index (χ1n) is 28.1. The number of pyridine rings is 1. The maximum atomic E-state index is 13.7. The lowest BCUT2D eigenvalue weighted by molar-refractivity contribution is -0.145. The Labute approximate surface area is 482 Å². The molecule has 18 heteroatoms. The SMILES string of the molecule is CCCCCCC(=O)N1CCN(CCCOc2cc3ncc(C#N)c(Nc4cc(OC)c(Cl)cc4Cl)c3cc2OC)CC1.CCCCCCC[C@H](C(=O)N1C[C@H](O)C[C@H]1C(=O)NCc1ccc(-c2scnc2C)cc1)C(C)(C)C. The molecule has 2 saturated heterocycles. The second kappa shape index (κ2) is 30.8. The van der Waals surface area contributed by atoms with Crippen molar-refractivity contribution >= 4 is 74.5 Å². The van der Waals surface area contributed by atoms with Gasteiger partial charge in [-0.25, -0.2) is 4.98 Å². The highest BCUT2D eigenvalue weighted by atomic mass is 35.5. The number of fused-ring (bicyclic) bond motifs is 1. The fourth-order valence-electron chi connectivity index (χ4n) is 10.2. The summed E-state index contributed by atoms with van der Waals surface area (Å²) < 4.78 is 17.1. The number of aryl methyl sites for hydroxylation is 1. The van der Waals surface area contributed by atoms with Crippen LogP contribution < -0.4 is 24.8 Å². The Hall–Kier alpha value is -5.70. The summed E-state index contributed by atoms with van der Waals surface area (Å²) in [5.74, 6) is 1.47. The second-order valence-electron chi connectivity index (χ2n) is 21.7. The molecule has 3 aromatic carbocycles. The molecule has 3 atom stereocenters. The standard InChI is InChI=1S/C32H39Cl2N5O4.C29H43N3O3S/c1-4-5-6-7-9-31(40)39-13-11-38(12-14-39)10-8-15-43-30-18-26-23(16-29(30)42-3)32(22(20-35)21-36-26)37-27-19-28(41-2)25(34)17-24(27)33;1-6-7-8-9-10-11-24(29(3,4)5)28(35)32-18-23(33)16-25(32)27(34)30-17-21-12-14-22(15-13-21)26-20(2)31-19-36-26/h16-19,21H,4-15H2,1-3H3,(H,36,37);12-15,19,23-25,33H,6-11,16-18H2,1-5H3,(H,30,34)/t;23-,24-,25+/m.1/s1. The summed E-state index contributed by atoms with van der Waals surface area (Å²) >= 11 is 14.3. The van der Waals surface area contributed by atoms with Crippen LogP contribution in [0.3, 0.4) is 0 Å². The summed E-state index contributed by atoms with van der Waals surface area (Å²) in [4.78, 5) is 55.3. The largest absolute Gasteiger partial charge is 0.495 e. The molecule has 7 rings (SSSR count). The quantitative estimate of drug-likeness (QED) is 0.0471. The van der Waals surface area contributed by atoms with Crippen molar-refractivity contribution in [2.75, 3.05) is 65.4 Å². The van der Waals surface area contributed by atoms with Crippen LogP contribution in [0.4, 0.5) is 11.4 Å². The van der Waals surface area contributed by atoms with Gasteiger partial charge in [0.25, 0.3) is 0 Å². The van der Waals surface area contributed by atoms with E-state index in [0.717, 1.165) is 92.9 Å². The Morgan fingerprint density at radius 1 is 0.873 bits per heavy atom. The number of aromatic nitrogens is 2.